The first-order chi connectivity index (χ1) is 11.0. The van der Waals surface area contributed by atoms with Crippen LogP contribution in [0.3, 0.4) is 0 Å². The molecule has 0 bridgehead atoms. The summed E-state index contributed by atoms with van der Waals surface area (Å²) in [5, 5.41) is 2.60. The number of nitrogens with one attached hydrogen (secondary N) is 1. The van der Waals surface area contributed by atoms with Crippen LogP contribution in [0.2, 0.25) is 0 Å². The number of piperidine rings is 1. The summed E-state index contributed by atoms with van der Waals surface area (Å²) in [5.41, 5.74) is 5.49. The van der Waals surface area contributed by atoms with E-state index in [2.05, 4.69) is 5.32 Å². The maximum Gasteiger partial charge on any atom is 0.414 e. The van der Waals surface area contributed by atoms with Gasteiger partial charge in [-0.05, 0) is 18.6 Å². The van der Waals surface area contributed by atoms with Gasteiger partial charge < -0.3 is 15.8 Å². The largest absolute Gasteiger partial charge is 0.443 e. The van der Waals surface area contributed by atoms with Crippen molar-refractivity contribution >= 4 is 17.7 Å². The van der Waals surface area contributed by atoms with Gasteiger partial charge in [-0.15, -0.1) is 0 Å². The van der Waals surface area contributed by atoms with E-state index < -0.39 is 29.7 Å². The third kappa shape index (κ3) is 2.98. The molecule has 124 valence electrons. The van der Waals surface area contributed by atoms with Gasteiger partial charge in [0.15, 0.2) is 0 Å². The third-order valence-corrected chi connectivity index (χ3v) is 4.19. The number of amides is 2. The molecule has 2 fully saturated rings. The molecule has 2 aliphatic rings. The molecule has 0 saturated carbocycles. The lowest BCUT2D eigenvalue weighted by atomic mass is 9.90. The highest BCUT2D eigenvalue weighted by atomic mass is 19.1. The number of anilines is 1. The molecule has 2 amide bonds. The summed E-state index contributed by atoms with van der Waals surface area (Å²) in [6.45, 7) is 0.507. The highest BCUT2D eigenvalue weighted by Crippen LogP contribution is 2.32. The van der Waals surface area contributed by atoms with Crippen molar-refractivity contribution in [3.8, 4) is 0 Å². The number of nitrogens with zero attached hydrogens (tertiary/aromatic N) is 1. The van der Waals surface area contributed by atoms with Gasteiger partial charge in [0.2, 0.25) is 5.91 Å². The topological polar surface area (TPSA) is 84.7 Å². The number of rotatable bonds is 3. The minimum atomic E-state index is -0.731. The van der Waals surface area contributed by atoms with Gasteiger partial charge >= 0.3 is 6.09 Å². The first-order valence-electron chi connectivity index (χ1n) is 7.43. The second-order valence-corrected chi connectivity index (χ2v) is 5.71. The molecule has 0 aliphatic carbocycles. The Balaban J connectivity index is 1.86. The van der Waals surface area contributed by atoms with Crippen LogP contribution in [-0.2, 0) is 9.53 Å². The monoisotopic (exact) mass is 325 g/mol. The van der Waals surface area contributed by atoms with Crippen LogP contribution in [0.15, 0.2) is 12.1 Å². The molecule has 2 heterocycles. The molecule has 23 heavy (non-hydrogen) atoms. The van der Waals surface area contributed by atoms with Crippen molar-refractivity contribution in [3.05, 3.63) is 29.3 Å². The van der Waals surface area contributed by atoms with Crippen LogP contribution in [0.25, 0.3) is 0 Å². The quantitative estimate of drug-likeness (QED) is 0.876. The number of carbonyl (C=O) groups is 2. The Kier molecular flexibility index (Phi) is 4.16. The molecule has 0 radical (unpaired) electrons. The van der Waals surface area contributed by atoms with Crippen molar-refractivity contribution in [2.45, 2.75) is 24.9 Å². The molecule has 0 spiro atoms. The smallest absolute Gasteiger partial charge is 0.414 e. The van der Waals surface area contributed by atoms with Gasteiger partial charge in [0.1, 0.15) is 17.7 Å². The van der Waals surface area contributed by atoms with E-state index in [0.717, 1.165) is 17.0 Å². The number of carbonyl (C=O) groups excluding carboxylic acids is 2. The Bertz CT molecular complexity index is 620. The van der Waals surface area contributed by atoms with E-state index in [0.29, 0.717) is 6.42 Å². The van der Waals surface area contributed by atoms with E-state index in [1.165, 1.54) is 0 Å². The zero-order valence-corrected chi connectivity index (χ0v) is 12.4. The van der Waals surface area contributed by atoms with Crippen LogP contribution in [0, 0.1) is 11.6 Å². The van der Waals surface area contributed by atoms with Crippen molar-refractivity contribution in [2.24, 2.45) is 5.73 Å². The van der Waals surface area contributed by atoms with Crippen molar-refractivity contribution < 1.29 is 23.1 Å². The summed E-state index contributed by atoms with van der Waals surface area (Å²) in [4.78, 5) is 24.1. The van der Waals surface area contributed by atoms with Crippen LogP contribution in [0.4, 0.5) is 19.3 Å². The first kappa shape index (κ1) is 15.7. The Labute approximate surface area is 131 Å². The SMILES string of the molecule is NCC1CN(c2cc(F)c(C3CCC(=O)NC3)c(F)c2)C(=O)O1. The number of cyclic esters (lactones) is 1. The molecular weight excluding hydrogens is 308 g/mol. The van der Waals surface area contributed by atoms with E-state index in [-0.39, 0.29) is 43.2 Å². The molecule has 8 heteroatoms. The molecule has 0 aromatic heterocycles. The van der Waals surface area contributed by atoms with Gasteiger partial charge in [0, 0.05) is 31.0 Å². The van der Waals surface area contributed by atoms with E-state index in [4.69, 9.17) is 10.5 Å². The highest BCUT2D eigenvalue weighted by Gasteiger charge is 2.33. The molecule has 6 nitrogen and oxygen atoms in total. The van der Waals surface area contributed by atoms with Crippen LogP contribution in [0.5, 0.6) is 0 Å². The summed E-state index contributed by atoms with van der Waals surface area (Å²) < 4.78 is 33.8. The summed E-state index contributed by atoms with van der Waals surface area (Å²) in [5.74, 6) is -1.99. The number of benzene rings is 1. The highest BCUT2D eigenvalue weighted by molar-refractivity contribution is 5.89. The summed E-state index contributed by atoms with van der Waals surface area (Å²) in [6, 6.07) is 2.24. The third-order valence-electron chi connectivity index (χ3n) is 4.19. The molecule has 2 aliphatic heterocycles. The number of hydrogen-bond donors (Lipinski definition) is 2. The second kappa shape index (κ2) is 6.11. The fraction of sp³-hybridized carbons (Fsp3) is 0.467. The Morgan fingerprint density at radius 3 is 2.52 bits per heavy atom. The van der Waals surface area contributed by atoms with E-state index in [1.54, 1.807) is 0 Å². The van der Waals surface area contributed by atoms with Gasteiger partial charge in [-0.3, -0.25) is 9.69 Å². The lowest BCUT2D eigenvalue weighted by Crippen LogP contribution is -2.34. The van der Waals surface area contributed by atoms with Crippen LogP contribution < -0.4 is 16.0 Å². The minimum absolute atomic E-state index is 0.0586. The molecule has 1 aromatic carbocycles. The lowest BCUT2D eigenvalue weighted by Gasteiger charge is -2.24. The van der Waals surface area contributed by atoms with E-state index in [9.17, 15) is 18.4 Å². The predicted octanol–water partition coefficient (Wildman–Crippen LogP) is 1.24. The van der Waals surface area contributed by atoms with Crippen molar-refractivity contribution in [2.75, 3.05) is 24.5 Å². The minimum Gasteiger partial charge on any atom is -0.443 e. The van der Waals surface area contributed by atoms with Crippen LogP contribution >= 0.6 is 0 Å². The number of halogens is 2. The predicted molar refractivity (Wildman–Crippen MR) is 78.0 cm³/mol. The van der Waals surface area contributed by atoms with Gasteiger partial charge in [-0.2, -0.15) is 0 Å². The molecular formula is C15H17F2N3O3. The maximum absolute atomic E-state index is 14.4. The molecule has 2 atom stereocenters. The summed E-state index contributed by atoms with van der Waals surface area (Å²) >= 11 is 0. The normalized spacial score (nSPS) is 24.6. The average molecular weight is 325 g/mol. The standard InChI is InChI=1S/C15H17F2N3O3/c16-11-3-9(20-7-10(5-18)23-15(20)22)4-12(17)14(11)8-1-2-13(21)19-6-8/h3-4,8,10H,1-2,5-7,18H2,(H,19,21). The maximum atomic E-state index is 14.4. The summed E-state index contributed by atoms with van der Waals surface area (Å²) in [6.07, 6.45) is -0.527. The molecule has 1 aromatic rings. The first-order valence-corrected chi connectivity index (χ1v) is 7.43. The van der Waals surface area contributed by atoms with Crippen LogP contribution in [0.1, 0.15) is 24.3 Å². The molecule has 2 saturated heterocycles. The van der Waals surface area contributed by atoms with Gasteiger partial charge in [0.05, 0.1) is 12.2 Å². The average Bonchev–Trinajstić information content (AvgIpc) is 2.89. The zero-order chi connectivity index (χ0) is 16.6. The van der Waals surface area contributed by atoms with Gasteiger partial charge in [-0.25, -0.2) is 13.6 Å². The van der Waals surface area contributed by atoms with Crippen molar-refractivity contribution in [1.29, 1.82) is 0 Å². The van der Waals surface area contributed by atoms with Crippen molar-refractivity contribution in [3.63, 3.8) is 0 Å². The Hall–Kier alpha value is -2.22. The molecule has 3 N–H and O–H groups in total. The number of nitrogens with two attached hydrogens (primary N) is 1. The van der Waals surface area contributed by atoms with Gasteiger partial charge in [0.25, 0.3) is 0 Å². The molecule has 3 rings (SSSR count). The molecule has 2 unspecified atom stereocenters. The Morgan fingerprint density at radius 1 is 1.30 bits per heavy atom. The summed E-state index contributed by atoms with van der Waals surface area (Å²) in [7, 11) is 0. The number of ether oxygens (including phenoxy) is 1. The fourth-order valence-corrected chi connectivity index (χ4v) is 2.95. The lowest BCUT2D eigenvalue weighted by molar-refractivity contribution is -0.122. The fourth-order valence-electron chi connectivity index (χ4n) is 2.95. The Morgan fingerprint density at radius 2 is 2.00 bits per heavy atom. The van der Waals surface area contributed by atoms with E-state index in [1.807, 2.05) is 0 Å². The number of hydrogen-bond acceptors (Lipinski definition) is 4. The zero-order valence-electron chi connectivity index (χ0n) is 12.4. The van der Waals surface area contributed by atoms with E-state index >= 15 is 0 Å². The van der Waals surface area contributed by atoms with Crippen molar-refractivity contribution in [1.82, 2.24) is 5.32 Å². The second-order valence-electron chi connectivity index (χ2n) is 5.71. The van der Waals surface area contributed by atoms with Crippen LogP contribution in [-0.4, -0.2) is 37.7 Å². The van der Waals surface area contributed by atoms with Gasteiger partial charge in [-0.1, -0.05) is 0 Å².